The predicted molar refractivity (Wildman–Crippen MR) is 64.9 cm³/mol. The first kappa shape index (κ1) is 12.4. The molecule has 0 saturated carbocycles. The lowest BCUT2D eigenvalue weighted by Crippen LogP contribution is -2.05. The molecule has 0 unspecified atom stereocenters. The minimum absolute atomic E-state index is 0.0582. The molecule has 7 nitrogen and oxygen atoms in total. The number of nitrogens with zero attached hydrogens (tertiary/aromatic N) is 5. The highest BCUT2D eigenvalue weighted by Crippen LogP contribution is 2.21. The lowest BCUT2D eigenvalue weighted by molar-refractivity contribution is -0.385. The fourth-order valence-electron chi connectivity index (χ4n) is 1.41. The Labute approximate surface area is 108 Å². The van der Waals surface area contributed by atoms with Gasteiger partial charge in [-0.05, 0) is 23.6 Å². The standard InChI is InChI=1S/C10H10ClN5O2/c1-6(2)7-3-4-15(14-7)9-8(16(17)18)5-12-10(11)13-9/h3-6H,1-2H3. The van der Waals surface area contributed by atoms with Gasteiger partial charge in [0.2, 0.25) is 11.1 Å². The van der Waals surface area contributed by atoms with Crippen LogP contribution >= 0.6 is 11.6 Å². The number of hydrogen-bond acceptors (Lipinski definition) is 5. The van der Waals surface area contributed by atoms with Gasteiger partial charge in [0.1, 0.15) is 6.20 Å². The third-order valence-corrected chi connectivity index (χ3v) is 2.52. The Morgan fingerprint density at radius 1 is 1.50 bits per heavy atom. The summed E-state index contributed by atoms with van der Waals surface area (Å²) in [4.78, 5) is 17.8. The largest absolute Gasteiger partial charge is 0.331 e. The molecule has 18 heavy (non-hydrogen) atoms. The number of aromatic nitrogens is 4. The first-order valence-electron chi connectivity index (χ1n) is 5.22. The SMILES string of the molecule is CC(C)c1ccn(-c2nc(Cl)ncc2[N+](=O)[O-])n1. The first-order valence-corrected chi connectivity index (χ1v) is 5.59. The molecule has 0 N–H and O–H groups in total. The van der Waals surface area contributed by atoms with Crippen LogP contribution in [0.15, 0.2) is 18.5 Å². The van der Waals surface area contributed by atoms with E-state index in [4.69, 9.17) is 11.6 Å². The van der Waals surface area contributed by atoms with Gasteiger partial charge in [-0.15, -0.1) is 0 Å². The summed E-state index contributed by atoms with van der Waals surface area (Å²) < 4.78 is 1.33. The van der Waals surface area contributed by atoms with Crippen LogP contribution in [0, 0.1) is 10.1 Å². The summed E-state index contributed by atoms with van der Waals surface area (Å²) in [5.41, 5.74) is 0.580. The van der Waals surface area contributed by atoms with Gasteiger partial charge >= 0.3 is 5.69 Å². The second-order valence-corrected chi connectivity index (χ2v) is 4.28. The van der Waals surface area contributed by atoms with Gasteiger partial charge in [-0.2, -0.15) is 10.1 Å². The Bertz CT molecular complexity index is 596. The van der Waals surface area contributed by atoms with Crippen LogP contribution in [-0.2, 0) is 0 Å². The summed E-state index contributed by atoms with van der Waals surface area (Å²) >= 11 is 5.65. The van der Waals surface area contributed by atoms with Crippen LogP contribution in [0.1, 0.15) is 25.5 Å². The summed E-state index contributed by atoms with van der Waals surface area (Å²) in [7, 11) is 0. The molecule has 2 rings (SSSR count). The molecule has 0 fully saturated rings. The fraction of sp³-hybridized carbons (Fsp3) is 0.300. The molecule has 0 aromatic carbocycles. The van der Waals surface area contributed by atoms with Crippen LogP contribution in [0.3, 0.4) is 0 Å². The van der Waals surface area contributed by atoms with Crippen molar-refractivity contribution in [2.75, 3.05) is 0 Å². The normalized spacial score (nSPS) is 10.9. The monoisotopic (exact) mass is 267 g/mol. The minimum atomic E-state index is -0.567. The summed E-state index contributed by atoms with van der Waals surface area (Å²) in [6.45, 7) is 3.96. The second-order valence-electron chi connectivity index (χ2n) is 3.94. The highest BCUT2D eigenvalue weighted by atomic mass is 35.5. The Hall–Kier alpha value is -2.02. The molecule has 0 aliphatic heterocycles. The van der Waals surface area contributed by atoms with Crippen LogP contribution in [0.5, 0.6) is 0 Å². The van der Waals surface area contributed by atoms with Crippen molar-refractivity contribution in [3.8, 4) is 5.82 Å². The average Bonchev–Trinajstić information content (AvgIpc) is 2.77. The zero-order chi connectivity index (χ0) is 13.3. The molecule has 0 amide bonds. The average molecular weight is 268 g/mol. The fourth-order valence-corrected chi connectivity index (χ4v) is 1.54. The molecule has 0 aliphatic rings. The molecule has 8 heteroatoms. The van der Waals surface area contributed by atoms with Crippen molar-refractivity contribution < 1.29 is 4.92 Å². The molecule has 0 radical (unpaired) electrons. The Morgan fingerprint density at radius 3 is 2.78 bits per heavy atom. The zero-order valence-corrected chi connectivity index (χ0v) is 10.5. The summed E-state index contributed by atoms with van der Waals surface area (Å²) in [5.74, 6) is 0.287. The van der Waals surface area contributed by atoms with E-state index in [1.807, 2.05) is 13.8 Å². The van der Waals surface area contributed by atoms with Crippen molar-refractivity contribution >= 4 is 17.3 Å². The lowest BCUT2D eigenvalue weighted by atomic mass is 10.1. The van der Waals surface area contributed by atoms with Gasteiger partial charge in [0.15, 0.2) is 0 Å². The van der Waals surface area contributed by atoms with Crippen LogP contribution in [0.25, 0.3) is 5.82 Å². The Kier molecular flexibility index (Phi) is 3.24. The van der Waals surface area contributed by atoms with E-state index in [1.54, 1.807) is 12.3 Å². The van der Waals surface area contributed by atoms with Gasteiger partial charge in [0.25, 0.3) is 0 Å². The number of rotatable bonds is 3. The maximum atomic E-state index is 10.9. The minimum Gasteiger partial charge on any atom is -0.258 e. The van der Waals surface area contributed by atoms with Crippen molar-refractivity contribution in [3.63, 3.8) is 0 Å². The van der Waals surface area contributed by atoms with Gasteiger partial charge in [-0.1, -0.05) is 13.8 Å². The Morgan fingerprint density at radius 2 is 2.22 bits per heavy atom. The second kappa shape index (κ2) is 4.69. The lowest BCUT2D eigenvalue weighted by Gasteiger charge is -2.02. The molecule has 0 bridgehead atoms. The van der Waals surface area contributed by atoms with Crippen LogP contribution in [0.2, 0.25) is 5.28 Å². The number of halogens is 1. The third kappa shape index (κ3) is 2.30. The smallest absolute Gasteiger partial charge is 0.258 e. The molecule has 0 aliphatic carbocycles. The summed E-state index contributed by atoms with van der Waals surface area (Å²) in [5, 5.41) is 15.1. The van der Waals surface area contributed by atoms with Gasteiger partial charge in [-0.25, -0.2) is 9.67 Å². The Balaban J connectivity index is 2.54. The van der Waals surface area contributed by atoms with Gasteiger partial charge in [-0.3, -0.25) is 10.1 Å². The molecule has 2 heterocycles. The van der Waals surface area contributed by atoms with Crippen LogP contribution < -0.4 is 0 Å². The maximum absolute atomic E-state index is 10.9. The molecule has 0 atom stereocenters. The molecule has 0 spiro atoms. The summed E-state index contributed by atoms with van der Waals surface area (Å²) in [6, 6.07) is 1.78. The number of nitro groups is 1. The number of hydrogen-bond donors (Lipinski definition) is 0. The molecule has 0 saturated heterocycles. The maximum Gasteiger partial charge on any atom is 0.331 e. The van der Waals surface area contributed by atoms with E-state index in [0.29, 0.717) is 0 Å². The van der Waals surface area contributed by atoms with Crippen LogP contribution in [0.4, 0.5) is 5.69 Å². The van der Waals surface area contributed by atoms with Crippen molar-refractivity contribution in [2.45, 2.75) is 19.8 Å². The van der Waals surface area contributed by atoms with E-state index in [-0.39, 0.29) is 22.7 Å². The van der Waals surface area contributed by atoms with Crippen molar-refractivity contribution in [2.24, 2.45) is 0 Å². The van der Waals surface area contributed by atoms with Gasteiger partial charge in [0, 0.05) is 6.20 Å². The van der Waals surface area contributed by atoms with Crippen molar-refractivity contribution in [3.05, 3.63) is 39.6 Å². The molecular weight excluding hydrogens is 258 g/mol. The van der Waals surface area contributed by atoms with E-state index in [9.17, 15) is 10.1 Å². The van der Waals surface area contributed by atoms with E-state index >= 15 is 0 Å². The molecule has 2 aromatic rings. The van der Waals surface area contributed by atoms with E-state index < -0.39 is 4.92 Å². The molecule has 2 aromatic heterocycles. The first-order chi connectivity index (χ1) is 8.49. The quantitative estimate of drug-likeness (QED) is 0.484. The predicted octanol–water partition coefficient (Wildman–Crippen LogP) is 2.35. The molecule has 94 valence electrons. The van der Waals surface area contributed by atoms with Gasteiger partial charge < -0.3 is 0 Å². The van der Waals surface area contributed by atoms with E-state index in [1.165, 1.54) is 4.68 Å². The van der Waals surface area contributed by atoms with E-state index in [0.717, 1.165) is 11.9 Å². The van der Waals surface area contributed by atoms with Crippen molar-refractivity contribution in [1.29, 1.82) is 0 Å². The highest BCUT2D eigenvalue weighted by molar-refractivity contribution is 6.28. The van der Waals surface area contributed by atoms with E-state index in [2.05, 4.69) is 15.1 Å². The highest BCUT2D eigenvalue weighted by Gasteiger charge is 2.19. The summed E-state index contributed by atoms with van der Waals surface area (Å²) in [6.07, 6.45) is 2.68. The molecular formula is C10H10ClN5O2. The van der Waals surface area contributed by atoms with Crippen LogP contribution in [-0.4, -0.2) is 24.7 Å². The third-order valence-electron chi connectivity index (χ3n) is 2.34. The topological polar surface area (TPSA) is 86.7 Å². The van der Waals surface area contributed by atoms with Gasteiger partial charge in [0.05, 0.1) is 10.6 Å². The zero-order valence-electron chi connectivity index (χ0n) is 9.74. The van der Waals surface area contributed by atoms with Crippen molar-refractivity contribution in [1.82, 2.24) is 19.7 Å².